The molecule has 0 saturated carbocycles. The molecule has 2 N–H and O–H groups in total. The molecule has 0 aliphatic carbocycles. The third kappa shape index (κ3) is 6.68. The van der Waals surface area contributed by atoms with Crippen LogP contribution in [0.4, 0.5) is 11.4 Å². The average Bonchev–Trinajstić information content (AvgIpc) is 2.48. The molecule has 2 amide bonds. The van der Waals surface area contributed by atoms with Crippen molar-refractivity contribution in [2.75, 3.05) is 43.5 Å². The fourth-order valence-corrected chi connectivity index (χ4v) is 2.49. The number of rotatable bonds is 5. The second kappa shape index (κ2) is 8.26. The Morgan fingerprint density at radius 2 is 1.50 bits per heavy atom. The standard InChI is InChI=1S/C18H27N3O3/c1-18(2,3)12-16(22)19-14-4-6-15(7-5-14)20-17(23)13-21-8-10-24-11-9-21/h4-7H,8-13H2,1-3H3,(H,19,22)(H,20,23). The van der Waals surface area contributed by atoms with E-state index in [4.69, 9.17) is 4.74 Å². The van der Waals surface area contributed by atoms with Crippen LogP contribution >= 0.6 is 0 Å². The van der Waals surface area contributed by atoms with E-state index in [0.717, 1.165) is 24.5 Å². The van der Waals surface area contributed by atoms with Crippen molar-refractivity contribution in [2.24, 2.45) is 5.41 Å². The molecule has 1 fully saturated rings. The number of amides is 2. The maximum absolute atomic E-state index is 12.0. The van der Waals surface area contributed by atoms with Crippen LogP contribution in [0.1, 0.15) is 27.2 Å². The van der Waals surface area contributed by atoms with Gasteiger partial charge in [0, 0.05) is 30.9 Å². The van der Waals surface area contributed by atoms with Gasteiger partial charge in [0.1, 0.15) is 0 Å². The van der Waals surface area contributed by atoms with E-state index in [2.05, 4.69) is 15.5 Å². The first-order valence-electron chi connectivity index (χ1n) is 8.32. The molecule has 1 aliphatic heterocycles. The van der Waals surface area contributed by atoms with Crippen molar-refractivity contribution < 1.29 is 14.3 Å². The van der Waals surface area contributed by atoms with Crippen molar-refractivity contribution in [3.8, 4) is 0 Å². The number of nitrogens with one attached hydrogen (secondary N) is 2. The van der Waals surface area contributed by atoms with Gasteiger partial charge < -0.3 is 15.4 Å². The van der Waals surface area contributed by atoms with Gasteiger partial charge in [-0.1, -0.05) is 20.8 Å². The molecule has 6 heteroatoms. The van der Waals surface area contributed by atoms with Gasteiger partial charge in [-0.3, -0.25) is 14.5 Å². The van der Waals surface area contributed by atoms with Crippen LogP contribution in [0.25, 0.3) is 0 Å². The minimum absolute atomic E-state index is 0.00778. The smallest absolute Gasteiger partial charge is 0.238 e. The van der Waals surface area contributed by atoms with Crippen molar-refractivity contribution in [3.05, 3.63) is 24.3 Å². The minimum Gasteiger partial charge on any atom is -0.379 e. The highest BCUT2D eigenvalue weighted by Crippen LogP contribution is 2.20. The van der Waals surface area contributed by atoms with Crippen LogP contribution < -0.4 is 10.6 Å². The second-order valence-electron chi connectivity index (χ2n) is 7.30. The monoisotopic (exact) mass is 333 g/mol. The molecule has 1 aliphatic rings. The predicted octanol–water partition coefficient (Wildman–Crippen LogP) is 2.33. The number of nitrogens with zero attached hydrogens (tertiary/aromatic N) is 1. The summed E-state index contributed by atoms with van der Waals surface area (Å²) in [5.74, 6) is -0.0481. The molecular weight excluding hydrogens is 306 g/mol. The topological polar surface area (TPSA) is 70.7 Å². The molecule has 6 nitrogen and oxygen atoms in total. The van der Waals surface area contributed by atoms with Crippen LogP contribution in [-0.4, -0.2) is 49.6 Å². The maximum Gasteiger partial charge on any atom is 0.238 e. The maximum atomic E-state index is 12.0. The Hall–Kier alpha value is -1.92. The van der Waals surface area contributed by atoms with Crippen LogP contribution in [0.2, 0.25) is 0 Å². The number of hydrogen-bond donors (Lipinski definition) is 2. The van der Waals surface area contributed by atoms with Gasteiger partial charge in [-0.15, -0.1) is 0 Å². The third-order valence-electron chi connectivity index (χ3n) is 3.61. The number of benzene rings is 1. The van der Waals surface area contributed by atoms with E-state index in [1.54, 1.807) is 24.3 Å². The lowest BCUT2D eigenvalue weighted by Gasteiger charge is -2.25. The van der Waals surface area contributed by atoms with Gasteiger partial charge in [0.05, 0.1) is 19.8 Å². The van der Waals surface area contributed by atoms with Gasteiger partial charge in [-0.05, 0) is 29.7 Å². The highest BCUT2D eigenvalue weighted by atomic mass is 16.5. The summed E-state index contributed by atoms with van der Waals surface area (Å²) >= 11 is 0. The lowest BCUT2D eigenvalue weighted by atomic mass is 9.92. The van der Waals surface area contributed by atoms with E-state index in [0.29, 0.717) is 26.2 Å². The molecule has 1 aromatic rings. The summed E-state index contributed by atoms with van der Waals surface area (Å²) in [6.45, 7) is 9.37. The van der Waals surface area contributed by atoms with Crippen molar-refractivity contribution >= 4 is 23.2 Å². The largest absolute Gasteiger partial charge is 0.379 e. The lowest BCUT2D eigenvalue weighted by Crippen LogP contribution is -2.41. The number of morpholine rings is 1. The molecule has 0 aromatic heterocycles. The Morgan fingerprint density at radius 1 is 1.00 bits per heavy atom. The van der Waals surface area contributed by atoms with E-state index in [9.17, 15) is 9.59 Å². The number of anilines is 2. The van der Waals surface area contributed by atoms with Crippen LogP contribution in [0.15, 0.2) is 24.3 Å². The Labute approximate surface area is 143 Å². The summed E-state index contributed by atoms with van der Waals surface area (Å²) in [4.78, 5) is 26.0. The summed E-state index contributed by atoms with van der Waals surface area (Å²) < 4.78 is 5.27. The molecule has 0 radical (unpaired) electrons. The normalized spacial score (nSPS) is 15.8. The summed E-state index contributed by atoms with van der Waals surface area (Å²) in [7, 11) is 0. The molecule has 0 spiro atoms. The van der Waals surface area contributed by atoms with Gasteiger partial charge in [-0.25, -0.2) is 0 Å². The Bertz CT molecular complexity index is 558. The first-order valence-corrected chi connectivity index (χ1v) is 8.32. The van der Waals surface area contributed by atoms with Crippen molar-refractivity contribution in [3.63, 3.8) is 0 Å². The van der Waals surface area contributed by atoms with Gasteiger partial charge in [-0.2, -0.15) is 0 Å². The predicted molar refractivity (Wildman–Crippen MR) is 95.0 cm³/mol. The van der Waals surface area contributed by atoms with E-state index >= 15 is 0 Å². The zero-order valence-corrected chi connectivity index (χ0v) is 14.7. The molecule has 0 atom stereocenters. The Balaban J connectivity index is 1.80. The van der Waals surface area contributed by atoms with Crippen LogP contribution in [0.5, 0.6) is 0 Å². The summed E-state index contributed by atoms with van der Waals surface area (Å²) in [5.41, 5.74) is 1.41. The van der Waals surface area contributed by atoms with Crippen molar-refractivity contribution in [1.29, 1.82) is 0 Å². The summed E-state index contributed by atoms with van der Waals surface area (Å²) in [6, 6.07) is 7.18. The fourth-order valence-electron chi connectivity index (χ4n) is 2.49. The third-order valence-corrected chi connectivity index (χ3v) is 3.61. The van der Waals surface area contributed by atoms with Crippen molar-refractivity contribution in [2.45, 2.75) is 27.2 Å². The molecule has 0 unspecified atom stereocenters. The summed E-state index contributed by atoms with van der Waals surface area (Å²) in [5, 5.41) is 5.74. The van der Waals surface area contributed by atoms with Gasteiger partial charge >= 0.3 is 0 Å². The molecular formula is C18H27N3O3. The van der Waals surface area contributed by atoms with Crippen LogP contribution in [-0.2, 0) is 14.3 Å². The first kappa shape index (κ1) is 18.4. The number of hydrogen-bond acceptors (Lipinski definition) is 4. The van der Waals surface area contributed by atoms with Crippen molar-refractivity contribution in [1.82, 2.24) is 4.90 Å². The number of ether oxygens (including phenoxy) is 1. The zero-order chi connectivity index (χ0) is 17.6. The van der Waals surface area contributed by atoms with Gasteiger partial charge in [0.2, 0.25) is 11.8 Å². The molecule has 2 rings (SSSR count). The molecule has 1 aromatic carbocycles. The van der Waals surface area contributed by atoms with Crippen LogP contribution in [0.3, 0.4) is 0 Å². The molecule has 0 bridgehead atoms. The fraction of sp³-hybridized carbons (Fsp3) is 0.556. The molecule has 24 heavy (non-hydrogen) atoms. The highest BCUT2D eigenvalue weighted by Gasteiger charge is 2.16. The molecule has 1 saturated heterocycles. The zero-order valence-electron chi connectivity index (χ0n) is 14.7. The lowest BCUT2D eigenvalue weighted by molar-refractivity contribution is -0.119. The average molecular weight is 333 g/mol. The number of carbonyl (C=O) groups is 2. The van der Waals surface area contributed by atoms with Gasteiger partial charge in [0.25, 0.3) is 0 Å². The second-order valence-corrected chi connectivity index (χ2v) is 7.30. The highest BCUT2D eigenvalue weighted by molar-refractivity contribution is 5.93. The molecule has 132 valence electrons. The molecule has 1 heterocycles. The number of carbonyl (C=O) groups excluding carboxylic acids is 2. The van der Waals surface area contributed by atoms with E-state index < -0.39 is 0 Å². The SMILES string of the molecule is CC(C)(C)CC(=O)Nc1ccc(NC(=O)CN2CCOCC2)cc1. The van der Waals surface area contributed by atoms with E-state index in [1.807, 2.05) is 20.8 Å². The first-order chi connectivity index (χ1) is 11.3. The summed E-state index contributed by atoms with van der Waals surface area (Å²) in [6.07, 6.45) is 0.463. The quantitative estimate of drug-likeness (QED) is 0.868. The van der Waals surface area contributed by atoms with E-state index in [-0.39, 0.29) is 17.2 Å². The van der Waals surface area contributed by atoms with E-state index in [1.165, 1.54) is 0 Å². The van der Waals surface area contributed by atoms with Gasteiger partial charge in [0.15, 0.2) is 0 Å². The van der Waals surface area contributed by atoms with Crippen LogP contribution in [0, 0.1) is 5.41 Å². The minimum atomic E-state index is -0.0442. The Morgan fingerprint density at radius 3 is 2.00 bits per heavy atom. The Kier molecular flexibility index (Phi) is 6.34.